The van der Waals surface area contributed by atoms with Crippen molar-refractivity contribution in [3.8, 4) is 11.5 Å². The van der Waals surface area contributed by atoms with Crippen LogP contribution in [0, 0.1) is 0 Å². The molecule has 2 heterocycles. The highest BCUT2D eigenvalue weighted by molar-refractivity contribution is 5.95. The minimum Gasteiger partial charge on any atom is -0.490 e. The molecule has 6 heteroatoms. The molecule has 1 N–H and O–H groups in total. The second kappa shape index (κ2) is 9.20. The summed E-state index contributed by atoms with van der Waals surface area (Å²) >= 11 is 0. The number of aromatic nitrogens is 2. The van der Waals surface area contributed by atoms with E-state index in [2.05, 4.69) is 18.8 Å². The summed E-state index contributed by atoms with van der Waals surface area (Å²) in [6, 6.07) is 13.4. The number of hydrogen-bond donors (Lipinski definition) is 1. The Morgan fingerprint density at radius 3 is 2.63 bits per heavy atom. The summed E-state index contributed by atoms with van der Waals surface area (Å²) in [6.45, 7) is 6.06. The first-order valence-corrected chi connectivity index (χ1v) is 10.9. The molecule has 1 unspecified atom stereocenters. The predicted molar refractivity (Wildman–Crippen MR) is 117 cm³/mol. The van der Waals surface area contributed by atoms with Gasteiger partial charge in [-0.05, 0) is 56.0 Å². The molecule has 30 heavy (non-hydrogen) atoms. The lowest BCUT2D eigenvalue weighted by atomic mass is 10.1. The van der Waals surface area contributed by atoms with Crippen LogP contribution < -0.4 is 9.47 Å². The zero-order valence-corrected chi connectivity index (χ0v) is 17.7. The molecule has 6 nitrogen and oxygen atoms in total. The van der Waals surface area contributed by atoms with Gasteiger partial charge < -0.3 is 19.4 Å². The van der Waals surface area contributed by atoms with E-state index >= 15 is 0 Å². The van der Waals surface area contributed by atoms with Crippen molar-refractivity contribution in [3.63, 3.8) is 0 Å². The lowest BCUT2D eigenvalue weighted by molar-refractivity contribution is 0.0730. The fraction of sp³-hybridized carbons (Fsp3) is 0.417. The Bertz CT molecular complexity index is 981. The highest BCUT2D eigenvalue weighted by Crippen LogP contribution is 2.35. The molecule has 0 radical (unpaired) electrons. The zero-order valence-electron chi connectivity index (χ0n) is 17.7. The summed E-state index contributed by atoms with van der Waals surface area (Å²) in [4.78, 5) is 23.4. The lowest BCUT2D eigenvalue weighted by Gasteiger charge is -2.24. The number of carbonyl (C=O) groups is 1. The highest BCUT2D eigenvalue weighted by atomic mass is 16.5. The van der Waals surface area contributed by atoms with Gasteiger partial charge in [0.2, 0.25) is 0 Å². The maximum atomic E-state index is 13.4. The van der Waals surface area contributed by atoms with E-state index in [1.807, 2.05) is 47.4 Å². The Hall–Kier alpha value is -3.02. The molecule has 0 saturated carbocycles. The summed E-state index contributed by atoms with van der Waals surface area (Å²) < 4.78 is 11.7. The van der Waals surface area contributed by atoms with Crippen molar-refractivity contribution >= 4 is 16.9 Å². The number of para-hydroxylation sites is 2. The Morgan fingerprint density at radius 2 is 1.87 bits per heavy atom. The fourth-order valence-electron chi connectivity index (χ4n) is 3.89. The van der Waals surface area contributed by atoms with Gasteiger partial charge in [-0.25, -0.2) is 4.98 Å². The Balaban J connectivity index is 1.59. The molecule has 158 valence electrons. The third kappa shape index (κ3) is 4.13. The standard InChI is InChI=1S/C24H29N3O3/c1-3-14-29-21-12-11-17(16-22(21)30-15-4-2)24(28)27-13-7-10-20(27)23-25-18-8-5-6-9-19(18)26-23/h5-6,8-9,11-12,16,20H,3-4,7,10,13-15H2,1-2H3,(H,25,26). The Kier molecular flexibility index (Phi) is 6.21. The van der Waals surface area contributed by atoms with Gasteiger partial charge in [0.15, 0.2) is 11.5 Å². The molecule has 1 aliphatic rings. The summed E-state index contributed by atoms with van der Waals surface area (Å²) in [5.74, 6) is 2.18. The van der Waals surface area contributed by atoms with Gasteiger partial charge in [-0.1, -0.05) is 26.0 Å². The quantitative estimate of drug-likeness (QED) is 0.563. The number of hydrogen-bond acceptors (Lipinski definition) is 4. The van der Waals surface area contributed by atoms with Crippen LogP contribution in [0.5, 0.6) is 11.5 Å². The van der Waals surface area contributed by atoms with E-state index in [4.69, 9.17) is 14.5 Å². The van der Waals surface area contributed by atoms with Crippen LogP contribution >= 0.6 is 0 Å². The van der Waals surface area contributed by atoms with Gasteiger partial charge >= 0.3 is 0 Å². The number of ether oxygens (including phenoxy) is 2. The van der Waals surface area contributed by atoms with Crippen LogP contribution in [0.25, 0.3) is 11.0 Å². The molecule has 2 aromatic carbocycles. The van der Waals surface area contributed by atoms with E-state index in [0.717, 1.165) is 49.1 Å². The number of rotatable bonds is 8. The van der Waals surface area contributed by atoms with Gasteiger partial charge in [-0.15, -0.1) is 0 Å². The summed E-state index contributed by atoms with van der Waals surface area (Å²) in [7, 11) is 0. The fourth-order valence-corrected chi connectivity index (χ4v) is 3.89. The minimum absolute atomic E-state index is 0.00125. The molecular weight excluding hydrogens is 378 g/mol. The molecule has 0 aliphatic carbocycles. The van der Waals surface area contributed by atoms with Gasteiger partial charge in [0.1, 0.15) is 5.82 Å². The van der Waals surface area contributed by atoms with Crippen molar-refractivity contribution in [3.05, 3.63) is 53.9 Å². The summed E-state index contributed by atoms with van der Waals surface area (Å²) in [5.41, 5.74) is 2.55. The molecule has 1 saturated heterocycles. The minimum atomic E-state index is -0.0408. The zero-order chi connectivity index (χ0) is 20.9. The molecule has 0 bridgehead atoms. The van der Waals surface area contributed by atoms with Crippen molar-refractivity contribution in [2.75, 3.05) is 19.8 Å². The molecular formula is C24H29N3O3. The van der Waals surface area contributed by atoms with Crippen molar-refractivity contribution in [2.45, 2.75) is 45.6 Å². The van der Waals surface area contributed by atoms with Crippen LogP contribution in [-0.4, -0.2) is 40.5 Å². The summed E-state index contributed by atoms with van der Waals surface area (Å²) in [6.07, 6.45) is 3.68. The molecule has 1 aromatic heterocycles. The second-order valence-corrected chi connectivity index (χ2v) is 7.65. The van der Waals surface area contributed by atoms with Crippen LogP contribution in [0.3, 0.4) is 0 Å². The number of nitrogens with zero attached hydrogens (tertiary/aromatic N) is 2. The van der Waals surface area contributed by atoms with Crippen molar-refractivity contribution < 1.29 is 14.3 Å². The molecule has 0 spiro atoms. The number of nitrogens with one attached hydrogen (secondary N) is 1. The van der Waals surface area contributed by atoms with Crippen LogP contribution in [0.4, 0.5) is 0 Å². The predicted octanol–water partition coefficient (Wildman–Crippen LogP) is 5.12. The van der Waals surface area contributed by atoms with Crippen molar-refractivity contribution in [1.29, 1.82) is 0 Å². The van der Waals surface area contributed by atoms with E-state index in [9.17, 15) is 4.79 Å². The molecule has 3 aromatic rings. The average molecular weight is 408 g/mol. The smallest absolute Gasteiger partial charge is 0.254 e. The van der Waals surface area contributed by atoms with Gasteiger partial charge in [-0.2, -0.15) is 0 Å². The first kappa shape index (κ1) is 20.3. The van der Waals surface area contributed by atoms with Gasteiger partial charge in [0.05, 0.1) is 30.3 Å². The number of amides is 1. The van der Waals surface area contributed by atoms with E-state index in [-0.39, 0.29) is 11.9 Å². The van der Waals surface area contributed by atoms with Crippen molar-refractivity contribution in [1.82, 2.24) is 14.9 Å². The number of fused-ring (bicyclic) bond motifs is 1. The Labute approximate surface area is 177 Å². The van der Waals surface area contributed by atoms with Crippen LogP contribution in [0.15, 0.2) is 42.5 Å². The third-order valence-corrected chi connectivity index (χ3v) is 5.35. The third-order valence-electron chi connectivity index (χ3n) is 5.35. The van der Waals surface area contributed by atoms with Crippen molar-refractivity contribution in [2.24, 2.45) is 0 Å². The maximum Gasteiger partial charge on any atom is 0.254 e. The molecule has 1 aliphatic heterocycles. The average Bonchev–Trinajstić information content (AvgIpc) is 3.42. The van der Waals surface area contributed by atoms with Crippen LogP contribution in [-0.2, 0) is 0 Å². The van der Waals surface area contributed by atoms with E-state index in [1.54, 1.807) is 0 Å². The monoisotopic (exact) mass is 407 g/mol. The van der Waals surface area contributed by atoms with E-state index < -0.39 is 0 Å². The molecule has 1 amide bonds. The number of H-pyrrole nitrogens is 1. The SMILES string of the molecule is CCCOc1ccc(C(=O)N2CCCC2c2nc3ccccc3[nH]2)cc1OCCC. The first-order valence-electron chi connectivity index (χ1n) is 10.9. The van der Waals surface area contributed by atoms with Crippen LogP contribution in [0.1, 0.15) is 61.8 Å². The molecule has 1 fully saturated rings. The molecule has 1 atom stereocenters. The van der Waals surface area contributed by atoms with Gasteiger partial charge in [0, 0.05) is 12.1 Å². The second-order valence-electron chi connectivity index (χ2n) is 7.65. The number of carbonyl (C=O) groups excluding carboxylic acids is 1. The summed E-state index contributed by atoms with van der Waals surface area (Å²) in [5, 5.41) is 0. The molecule has 4 rings (SSSR count). The van der Waals surface area contributed by atoms with Gasteiger partial charge in [0.25, 0.3) is 5.91 Å². The van der Waals surface area contributed by atoms with E-state index in [1.165, 1.54) is 0 Å². The van der Waals surface area contributed by atoms with E-state index in [0.29, 0.717) is 30.3 Å². The normalized spacial score (nSPS) is 16.2. The number of benzene rings is 2. The highest BCUT2D eigenvalue weighted by Gasteiger charge is 2.33. The van der Waals surface area contributed by atoms with Gasteiger partial charge in [-0.3, -0.25) is 4.79 Å². The first-order chi connectivity index (χ1) is 14.7. The Morgan fingerprint density at radius 1 is 1.10 bits per heavy atom. The lowest BCUT2D eigenvalue weighted by Crippen LogP contribution is -2.31. The number of aromatic amines is 1. The topological polar surface area (TPSA) is 67.5 Å². The number of imidazole rings is 1. The number of likely N-dealkylation sites (tertiary alicyclic amines) is 1. The maximum absolute atomic E-state index is 13.4. The largest absolute Gasteiger partial charge is 0.490 e. The van der Waals surface area contributed by atoms with Crippen LogP contribution in [0.2, 0.25) is 0 Å².